The number of fused-ring (bicyclic) bond motifs is 1. The summed E-state index contributed by atoms with van der Waals surface area (Å²) in [4.78, 5) is 36.5. The number of nitrogens with one attached hydrogen (secondary N) is 1. The molecule has 0 aliphatic rings. The third kappa shape index (κ3) is 2.54. The Morgan fingerprint density at radius 1 is 1.23 bits per heavy atom. The van der Waals surface area contributed by atoms with Gasteiger partial charge in [-0.1, -0.05) is 6.07 Å². The lowest BCUT2D eigenvalue weighted by molar-refractivity contribution is 0.0997. The highest BCUT2D eigenvalue weighted by Crippen LogP contribution is 2.25. The maximum Gasteiger partial charge on any atom is 0.332 e. The van der Waals surface area contributed by atoms with Gasteiger partial charge in [0.2, 0.25) is 0 Å². The number of aromatic amines is 1. The number of aromatic nitrogens is 4. The number of nitrogens with two attached hydrogens (primary N) is 1. The lowest BCUT2D eigenvalue weighted by Gasteiger charge is -2.06. The van der Waals surface area contributed by atoms with E-state index in [0.717, 1.165) is 4.88 Å². The van der Waals surface area contributed by atoms with Gasteiger partial charge < -0.3 is 15.5 Å². The van der Waals surface area contributed by atoms with Gasteiger partial charge in [-0.25, -0.2) is 19.3 Å². The Hall–Kier alpha value is -3.46. The van der Waals surface area contributed by atoms with E-state index in [0.29, 0.717) is 17.3 Å². The Morgan fingerprint density at radius 2 is 2.00 bits per heavy atom. The van der Waals surface area contributed by atoms with E-state index in [4.69, 9.17) is 10.5 Å². The molecular formula is C17H13N5O3S. The summed E-state index contributed by atoms with van der Waals surface area (Å²) in [5.74, 6) is 0.259. The number of ether oxygens (including phenoxy) is 1. The minimum absolute atomic E-state index is 0.0252. The van der Waals surface area contributed by atoms with E-state index in [9.17, 15) is 9.59 Å². The first-order chi connectivity index (χ1) is 12.6. The highest BCUT2D eigenvalue weighted by Gasteiger charge is 2.20. The highest BCUT2D eigenvalue weighted by molar-refractivity contribution is 7.13. The van der Waals surface area contributed by atoms with Gasteiger partial charge >= 0.3 is 5.69 Å². The van der Waals surface area contributed by atoms with E-state index < -0.39 is 11.6 Å². The molecule has 0 saturated heterocycles. The average molecular weight is 367 g/mol. The van der Waals surface area contributed by atoms with Crippen molar-refractivity contribution < 1.29 is 9.53 Å². The van der Waals surface area contributed by atoms with Gasteiger partial charge in [0.25, 0.3) is 5.91 Å². The van der Waals surface area contributed by atoms with Gasteiger partial charge in [-0.2, -0.15) is 0 Å². The van der Waals surface area contributed by atoms with Crippen molar-refractivity contribution in [3.63, 3.8) is 0 Å². The van der Waals surface area contributed by atoms with Crippen LogP contribution >= 0.6 is 11.3 Å². The van der Waals surface area contributed by atoms with Gasteiger partial charge in [0.05, 0.1) is 17.7 Å². The first-order valence-corrected chi connectivity index (χ1v) is 8.47. The number of nitrogens with zero attached hydrogens (tertiary/aromatic N) is 3. The van der Waals surface area contributed by atoms with Crippen LogP contribution in [-0.4, -0.2) is 32.5 Å². The fourth-order valence-electron chi connectivity index (χ4n) is 2.65. The third-order valence-corrected chi connectivity index (χ3v) is 4.71. The zero-order valence-corrected chi connectivity index (χ0v) is 14.4. The predicted octanol–water partition coefficient (Wildman–Crippen LogP) is 1.94. The number of amides is 1. The molecule has 0 unspecified atom stereocenters. The van der Waals surface area contributed by atoms with Crippen molar-refractivity contribution in [3.05, 3.63) is 58.0 Å². The van der Waals surface area contributed by atoms with Crippen LogP contribution in [0.2, 0.25) is 0 Å². The van der Waals surface area contributed by atoms with Crippen molar-refractivity contribution in [3.8, 4) is 22.1 Å². The number of imidazole rings is 1. The van der Waals surface area contributed by atoms with Crippen molar-refractivity contribution in [1.82, 2.24) is 19.5 Å². The maximum atomic E-state index is 12.5. The highest BCUT2D eigenvalue weighted by atomic mass is 32.1. The van der Waals surface area contributed by atoms with Crippen LogP contribution < -0.4 is 16.2 Å². The molecule has 4 aromatic rings. The normalized spacial score (nSPS) is 11.0. The van der Waals surface area contributed by atoms with E-state index in [2.05, 4.69) is 15.0 Å². The van der Waals surface area contributed by atoms with Crippen LogP contribution in [0.4, 0.5) is 0 Å². The molecule has 0 atom stereocenters. The number of methoxy groups -OCH3 is 1. The monoisotopic (exact) mass is 367 g/mol. The summed E-state index contributed by atoms with van der Waals surface area (Å²) in [6, 6.07) is 10.6. The topological polar surface area (TPSA) is 116 Å². The van der Waals surface area contributed by atoms with Gasteiger partial charge in [-0.3, -0.25) is 4.79 Å². The smallest absolute Gasteiger partial charge is 0.332 e. The summed E-state index contributed by atoms with van der Waals surface area (Å²) in [6.07, 6.45) is 0. The van der Waals surface area contributed by atoms with Crippen molar-refractivity contribution in [2.75, 3.05) is 7.11 Å². The van der Waals surface area contributed by atoms with Crippen LogP contribution in [0.3, 0.4) is 0 Å². The second kappa shape index (κ2) is 6.12. The number of thiophene rings is 1. The maximum absolute atomic E-state index is 12.5. The van der Waals surface area contributed by atoms with E-state index in [1.165, 1.54) is 15.9 Å². The summed E-state index contributed by atoms with van der Waals surface area (Å²) in [5, 5.41) is 1.88. The molecule has 8 nitrogen and oxygen atoms in total. The van der Waals surface area contributed by atoms with E-state index in [1.54, 1.807) is 31.4 Å². The van der Waals surface area contributed by atoms with E-state index in [1.807, 2.05) is 17.5 Å². The van der Waals surface area contributed by atoms with Crippen LogP contribution in [0.5, 0.6) is 5.75 Å². The third-order valence-electron chi connectivity index (χ3n) is 3.84. The van der Waals surface area contributed by atoms with Crippen LogP contribution in [0, 0.1) is 0 Å². The van der Waals surface area contributed by atoms with Crippen molar-refractivity contribution in [2.24, 2.45) is 5.73 Å². The molecule has 3 aromatic heterocycles. The SMILES string of the molecule is COc1ccc(-n2c(=O)[nH]c3c(C(N)=O)nc(-c4cccs4)nc32)cc1. The molecule has 26 heavy (non-hydrogen) atoms. The molecule has 0 radical (unpaired) electrons. The van der Waals surface area contributed by atoms with Gasteiger partial charge in [0.15, 0.2) is 17.2 Å². The van der Waals surface area contributed by atoms with Gasteiger partial charge in [-0.05, 0) is 35.7 Å². The van der Waals surface area contributed by atoms with Crippen molar-refractivity contribution >= 4 is 28.4 Å². The molecule has 9 heteroatoms. The largest absolute Gasteiger partial charge is 0.497 e. The molecule has 130 valence electrons. The van der Waals surface area contributed by atoms with Crippen molar-refractivity contribution in [2.45, 2.75) is 0 Å². The molecule has 3 N–H and O–H groups in total. The van der Waals surface area contributed by atoms with E-state index in [-0.39, 0.29) is 16.9 Å². The molecule has 0 aliphatic carbocycles. The Balaban J connectivity index is 2.02. The Bertz CT molecular complexity index is 1160. The Kier molecular flexibility index (Phi) is 3.77. The molecule has 0 aliphatic heterocycles. The molecule has 1 aromatic carbocycles. The molecule has 4 rings (SSSR count). The van der Waals surface area contributed by atoms with Crippen LogP contribution in [0.1, 0.15) is 10.5 Å². The van der Waals surface area contributed by atoms with Gasteiger partial charge in [0, 0.05) is 0 Å². The second-order valence-electron chi connectivity index (χ2n) is 5.40. The van der Waals surface area contributed by atoms with Gasteiger partial charge in [0.1, 0.15) is 11.3 Å². The molecule has 0 fully saturated rings. The number of rotatable bonds is 4. The average Bonchev–Trinajstić information content (AvgIpc) is 3.28. The lowest BCUT2D eigenvalue weighted by Crippen LogP contribution is -2.15. The molecule has 0 spiro atoms. The molecular weight excluding hydrogens is 354 g/mol. The molecule has 3 heterocycles. The second-order valence-corrected chi connectivity index (χ2v) is 6.35. The summed E-state index contributed by atoms with van der Waals surface area (Å²) < 4.78 is 6.52. The summed E-state index contributed by atoms with van der Waals surface area (Å²) in [6.45, 7) is 0. The molecule has 1 amide bonds. The number of H-pyrrole nitrogens is 1. The van der Waals surface area contributed by atoms with Gasteiger partial charge in [-0.15, -0.1) is 11.3 Å². The minimum atomic E-state index is -0.738. The number of carbonyl (C=O) groups is 1. The lowest BCUT2D eigenvalue weighted by atomic mass is 10.3. The standard InChI is InChI=1S/C17H13N5O3S/c1-25-10-6-4-9(5-7-10)22-16-13(20-17(22)24)12(14(18)23)19-15(21-16)11-3-2-8-26-11/h2-8H,1H3,(H2,18,23)(H,20,24). The zero-order valence-electron chi connectivity index (χ0n) is 13.6. The fourth-order valence-corrected chi connectivity index (χ4v) is 3.31. The number of hydrogen-bond acceptors (Lipinski definition) is 6. The van der Waals surface area contributed by atoms with Crippen LogP contribution in [0.25, 0.3) is 27.6 Å². The number of carbonyl (C=O) groups excluding carboxylic acids is 1. The van der Waals surface area contributed by atoms with Crippen LogP contribution in [0.15, 0.2) is 46.6 Å². The molecule has 0 saturated carbocycles. The number of primary amides is 1. The minimum Gasteiger partial charge on any atom is -0.497 e. The quantitative estimate of drug-likeness (QED) is 0.572. The molecule has 0 bridgehead atoms. The zero-order chi connectivity index (χ0) is 18.3. The van der Waals surface area contributed by atoms with E-state index >= 15 is 0 Å². The number of hydrogen-bond donors (Lipinski definition) is 2. The van der Waals surface area contributed by atoms with Crippen LogP contribution in [-0.2, 0) is 0 Å². The predicted molar refractivity (Wildman–Crippen MR) is 97.9 cm³/mol. The van der Waals surface area contributed by atoms with Crippen molar-refractivity contribution in [1.29, 1.82) is 0 Å². The Morgan fingerprint density at radius 3 is 2.62 bits per heavy atom. The summed E-state index contributed by atoms with van der Waals surface area (Å²) in [5.41, 5.74) is 6.07. The first-order valence-electron chi connectivity index (χ1n) is 7.59. The first kappa shape index (κ1) is 16.0. The summed E-state index contributed by atoms with van der Waals surface area (Å²) in [7, 11) is 1.56. The fraction of sp³-hybridized carbons (Fsp3) is 0.0588. The number of benzene rings is 1. The Labute approximate surface area is 150 Å². The summed E-state index contributed by atoms with van der Waals surface area (Å²) >= 11 is 1.43.